The SMILES string of the molecule is Cc1cccc2c3cccc(C)c3n(-c3cc(-c4cccc(C#N)c4)cc(C#N)c3-n3c4c(C)cccc4c4cccc(C)c43)c12. The maximum atomic E-state index is 11.0. The fraction of sp³-hybridized carbons (Fsp3) is 0.0952. The van der Waals surface area contributed by atoms with Gasteiger partial charge in [-0.05, 0) is 85.3 Å². The number of benzene rings is 6. The topological polar surface area (TPSA) is 57.4 Å². The van der Waals surface area contributed by atoms with Gasteiger partial charge in [-0.1, -0.05) is 84.9 Å². The Morgan fingerprint density at radius 3 is 1.37 bits per heavy atom. The van der Waals surface area contributed by atoms with Crippen molar-refractivity contribution in [1.82, 2.24) is 9.13 Å². The standard InChI is InChI=1S/C42H30N4/c1-25-10-5-16-33-34-17-6-11-26(2)39(34)45(38(25)33)37-22-31(30-15-9-14-29(20-30)23-43)21-32(24-44)42(37)46-40-27(3)12-7-18-35(40)36-19-8-13-28(4)41(36)46/h5-22H,1-4H3. The Hall–Kier alpha value is -6.10. The monoisotopic (exact) mass is 590 g/mol. The summed E-state index contributed by atoms with van der Waals surface area (Å²) in [7, 11) is 0. The molecule has 4 nitrogen and oxygen atoms in total. The van der Waals surface area contributed by atoms with Crippen molar-refractivity contribution in [2.24, 2.45) is 0 Å². The lowest BCUT2D eigenvalue weighted by atomic mass is 9.98. The van der Waals surface area contributed by atoms with Crippen LogP contribution in [0.3, 0.4) is 0 Å². The fourth-order valence-corrected chi connectivity index (χ4v) is 7.43. The Morgan fingerprint density at radius 1 is 0.457 bits per heavy atom. The van der Waals surface area contributed by atoms with Crippen molar-refractivity contribution in [1.29, 1.82) is 10.5 Å². The van der Waals surface area contributed by atoms with Gasteiger partial charge < -0.3 is 9.13 Å². The van der Waals surface area contributed by atoms with Crippen LogP contribution < -0.4 is 0 Å². The highest BCUT2D eigenvalue weighted by Gasteiger charge is 2.25. The predicted octanol–water partition coefficient (Wildman–Crippen LogP) is 10.5. The van der Waals surface area contributed by atoms with Gasteiger partial charge in [0.2, 0.25) is 0 Å². The minimum atomic E-state index is 0.567. The highest BCUT2D eigenvalue weighted by atomic mass is 15.1. The Balaban J connectivity index is 1.65. The Morgan fingerprint density at radius 2 is 0.913 bits per heavy atom. The van der Waals surface area contributed by atoms with Crippen LogP contribution in [0.4, 0.5) is 0 Å². The lowest BCUT2D eigenvalue weighted by molar-refractivity contribution is 1.07. The van der Waals surface area contributed by atoms with Gasteiger partial charge in [-0.2, -0.15) is 10.5 Å². The summed E-state index contributed by atoms with van der Waals surface area (Å²) in [5.41, 5.74) is 13.7. The van der Waals surface area contributed by atoms with E-state index in [0.717, 1.165) is 77.6 Å². The molecular weight excluding hydrogens is 560 g/mol. The molecular formula is C42H30N4. The van der Waals surface area contributed by atoms with Gasteiger partial charge in [0, 0.05) is 21.5 Å². The third-order valence-corrected chi connectivity index (χ3v) is 9.43. The predicted molar refractivity (Wildman–Crippen MR) is 189 cm³/mol. The molecule has 0 aliphatic heterocycles. The summed E-state index contributed by atoms with van der Waals surface area (Å²) in [6, 6.07) is 42.6. The van der Waals surface area contributed by atoms with Crippen LogP contribution in [0.1, 0.15) is 33.4 Å². The average molecular weight is 591 g/mol. The Kier molecular flexibility index (Phi) is 6.11. The van der Waals surface area contributed by atoms with Gasteiger partial charge in [-0.25, -0.2) is 0 Å². The molecule has 46 heavy (non-hydrogen) atoms. The van der Waals surface area contributed by atoms with Gasteiger partial charge in [-0.3, -0.25) is 0 Å². The van der Waals surface area contributed by atoms with Crippen molar-refractivity contribution in [2.45, 2.75) is 27.7 Å². The molecule has 2 heterocycles. The van der Waals surface area contributed by atoms with Crippen LogP contribution in [0.2, 0.25) is 0 Å². The molecule has 0 fully saturated rings. The van der Waals surface area contributed by atoms with Gasteiger partial charge in [0.25, 0.3) is 0 Å². The van der Waals surface area contributed by atoms with E-state index < -0.39 is 0 Å². The summed E-state index contributed by atoms with van der Waals surface area (Å²) >= 11 is 0. The number of aromatic nitrogens is 2. The first kappa shape index (κ1) is 27.4. The largest absolute Gasteiger partial charge is 0.307 e. The fourth-order valence-electron chi connectivity index (χ4n) is 7.43. The Labute approximate surface area is 267 Å². The number of nitrogens with zero attached hydrogens (tertiary/aromatic N) is 4. The van der Waals surface area contributed by atoms with E-state index in [9.17, 15) is 10.5 Å². The van der Waals surface area contributed by atoms with E-state index >= 15 is 0 Å². The van der Waals surface area contributed by atoms with E-state index in [1.807, 2.05) is 30.3 Å². The summed E-state index contributed by atoms with van der Waals surface area (Å²) in [5.74, 6) is 0. The summed E-state index contributed by atoms with van der Waals surface area (Å²) < 4.78 is 4.70. The summed E-state index contributed by atoms with van der Waals surface area (Å²) in [5, 5.41) is 25.4. The lowest BCUT2D eigenvalue weighted by Crippen LogP contribution is -2.08. The zero-order valence-electron chi connectivity index (χ0n) is 26.2. The van der Waals surface area contributed by atoms with Crippen LogP contribution >= 0.6 is 0 Å². The third-order valence-electron chi connectivity index (χ3n) is 9.43. The molecule has 0 aliphatic rings. The Bertz CT molecular complexity index is 2530. The van der Waals surface area contributed by atoms with Crippen molar-refractivity contribution in [2.75, 3.05) is 0 Å². The van der Waals surface area contributed by atoms with Crippen LogP contribution in [-0.4, -0.2) is 9.13 Å². The first-order chi connectivity index (χ1) is 22.4. The van der Waals surface area contributed by atoms with Gasteiger partial charge >= 0.3 is 0 Å². The number of rotatable bonds is 3. The van der Waals surface area contributed by atoms with E-state index in [1.165, 1.54) is 10.8 Å². The van der Waals surface area contributed by atoms with Gasteiger partial charge in [-0.15, -0.1) is 0 Å². The molecule has 0 aliphatic carbocycles. The molecule has 6 aromatic carbocycles. The second-order valence-corrected chi connectivity index (χ2v) is 12.3. The molecule has 4 heteroatoms. The number of fused-ring (bicyclic) bond motifs is 6. The molecule has 8 rings (SSSR count). The molecule has 8 aromatic rings. The zero-order chi connectivity index (χ0) is 31.7. The highest BCUT2D eigenvalue weighted by molar-refractivity contribution is 6.14. The molecule has 0 saturated heterocycles. The molecule has 218 valence electrons. The summed E-state index contributed by atoms with van der Waals surface area (Å²) in [6.45, 7) is 8.62. The van der Waals surface area contributed by atoms with Crippen LogP contribution in [0.15, 0.2) is 109 Å². The molecule has 0 unspecified atom stereocenters. The molecule has 0 amide bonds. The molecule has 0 atom stereocenters. The molecule has 0 N–H and O–H groups in total. The van der Waals surface area contributed by atoms with Crippen molar-refractivity contribution < 1.29 is 0 Å². The van der Waals surface area contributed by atoms with Crippen molar-refractivity contribution in [3.05, 3.63) is 143 Å². The van der Waals surface area contributed by atoms with Crippen LogP contribution in [0.25, 0.3) is 66.1 Å². The smallest absolute Gasteiger partial charge is 0.101 e. The number of aryl methyl sites for hydroxylation is 4. The third kappa shape index (κ3) is 3.84. The lowest BCUT2D eigenvalue weighted by Gasteiger charge is -2.21. The van der Waals surface area contributed by atoms with Crippen LogP contribution in [0, 0.1) is 50.4 Å². The van der Waals surface area contributed by atoms with Crippen LogP contribution in [0.5, 0.6) is 0 Å². The van der Waals surface area contributed by atoms with Crippen LogP contribution in [-0.2, 0) is 0 Å². The first-order valence-electron chi connectivity index (χ1n) is 15.5. The van der Waals surface area contributed by atoms with Crippen molar-refractivity contribution >= 4 is 43.6 Å². The second kappa shape index (κ2) is 10.2. The normalized spacial score (nSPS) is 11.4. The van der Waals surface area contributed by atoms with E-state index in [4.69, 9.17) is 0 Å². The quantitative estimate of drug-likeness (QED) is 0.206. The summed E-state index contributed by atoms with van der Waals surface area (Å²) in [6.07, 6.45) is 0. The van der Waals surface area contributed by atoms with Crippen molar-refractivity contribution in [3.8, 4) is 34.6 Å². The number of hydrogen-bond donors (Lipinski definition) is 0. The highest BCUT2D eigenvalue weighted by Crippen LogP contribution is 2.43. The molecule has 0 saturated carbocycles. The minimum absolute atomic E-state index is 0.567. The average Bonchev–Trinajstić information content (AvgIpc) is 3.60. The maximum Gasteiger partial charge on any atom is 0.101 e. The van der Waals surface area contributed by atoms with Gasteiger partial charge in [0.1, 0.15) is 6.07 Å². The summed E-state index contributed by atoms with van der Waals surface area (Å²) in [4.78, 5) is 0. The zero-order valence-corrected chi connectivity index (χ0v) is 26.2. The second-order valence-electron chi connectivity index (χ2n) is 12.3. The van der Waals surface area contributed by atoms with E-state index in [0.29, 0.717) is 11.1 Å². The number of para-hydroxylation sites is 4. The van der Waals surface area contributed by atoms with Crippen molar-refractivity contribution in [3.63, 3.8) is 0 Å². The van der Waals surface area contributed by atoms with Gasteiger partial charge in [0.05, 0.1) is 50.6 Å². The van der Waals surface area contributed by atoms with E-state index in [2.05, 4.69) is 128 Å². The first-order valence-corrected chi connectivity index (χ1v) is 15.5. The number of hydrogen-bond acceptors (Lipinski definition) is 2. The molecule has 2 aromatic heterocycles. The van der Waals surface area contributed by atoms with E-state index in [-0.39, 0.29) is 0 Å². The van der Waals surface area contributed by atoms with Gasteiger partial charge in [0.15, 0.2) is 0 Å². The minimum Gasteiger partial charge on any atom is -0.307 e. The number of nitriles is 2. The molecule has 0 radical (unpaired) electrons. The molecule has 0 bridgehead atoms. The maximum absolute atomic E-state index is 11.0. The molecule has 0 spiro atoms. The van der Waals surface area contributed by atoms with E-state index in [1.54, 1.807) is 0 Å².